The number of carboxylic acids is 2. The van der Waals surface area contributed by atoms with Gasteiger partial charge in [-0.3, -0.25) is 4.90 Å². The number of carbonyl (C=O) groups is 2. The zero-order chi connectivity index (χ0) is 26.6. The number of anilines is 1. The molecule has 1 saturated heterocycles. The van der Waals surface area contributed by atoms with E-state index >= 15 is 0 Å². The molecule has 0 aromatic heterocycles. The number of rotatable bonds is 8. The summed E-state index contributed by atoms with van der Waals surface area (Å²) in [6.07, 6.45) is 0. The highest BCUT2D eigenvalue weighted by Crippen LogP contribution is 2.36. The summed E-state index contributed by atoms with van der Waals surface area (Å²) in [5.41, 5.74) is 3.85. The van der Waals surface area contributed by atoms with Crippen LogP contribution >= 0.6 is 23.4 Å². The quantitative estimate of drug-likeness (QED) is 0.378. The number of hydrogen-bond donors (Lipinski definition) is 2. The van der Waals surface area contributed by atoms with Gasteiger partial charge < -0.3 is 19.8 Å². The fraction of sp³-hybridized carbons (Fsp3) is 0.286. The second kappa shape index (κ2) is 14.5. The van der Waals surface area contributed by atoms with Gasteiger partial charge in [-0.1, -0.05) is 66.2 Å². The van der Waals surface area contributed by atoms with Gasteiger partial charge in [-0.05, 0) is 35.4 Å². The Morgan fingerprint density at radius 2 is 1.43 bits per heavy atom. The van der Waals surface area contributed by atoms with Gasteiger partial charge in [0.15, 0.2) is 0 Å². The van der Waals surface area contributed by atoms with Crippen LogP contribution in [0.15, 0.2) is 78.9 Å². The third-order valence-corrected chi connectivity index (χ3v) is 7.50. The third-order valence-electron chi connectivity index (χ3n) is 5.95. The predicted octanol–water partition coefficient (Wildman–Crippen LogP) is 5.15. The fourth-order valence-corrected chi connectivity index (χ4v) is 5.48. The van der Waals surface area contributed by atoms with Crippen molar-refractivity contribution in [2.24, 2.45) is 0 Å². The van der Waals surface area contributed by atoms with Gasteiger partial charge in [-0.15, -0.1) is 11.8 Å². The van der Waals surface area contributed by atoms with Gasteiger partial charge >= 0.3 is 11.9 Å². The Hall–Kier alpha value is -3.20. The number of benzene rings is 3. The molecular weight excluding hydrogens is 512 g/mol. The molecule has 0 spiro atoms. The molecular formula is C28H31ClN2O5S. The van der Waals surface area contributed by atoms with Crippen LogP contribution < -0.4 is 9.64 Å². The molecule has 1 aliphatic heterocycles. The van der Waals surface area contributed by atoms with Gasteiger partial charge in [-0.25, -0.2) is 9.59 Å². The van der Waals surface area contributed by atoms with E-state index in [1.807, 2.05) is 36.0 Å². The van der Waals surface area contributed by atoms with Crippen molar-refractivity contribution in [3.05, 3.63) is 95.0 Å². The van der Waals surface area contributed by atoms with E-state index in [1.165, 1.54) is 16.8 Å². The van der Waals surface area contributed by atoms with Gasteiger partial charge in [0.1, 0.15) is 5.75 Å². The molecule has 4 rings (SSSR count). The summed E-state index contributed by atoms with van der Waals surface area (Å²) < 4.78 is 5.54. The zero-order valence-electron chi connectivity index (χ0n) is 20.6. The van der Waals surface area contributed by atoms with E-state index in [0.29, 0.717) is 5.25 Å². The number of methoxy groups -OCH3 is 1. The largest absolute Gasteiger partial charge is 0.495 e. The number of piperazine rings is 1. The van der Waals surface area contributed by atoms with Crippen molar-refractivity contribution in [3.63, 3.8) is 0 Å². The standard InChI is InChI=1S/C26H29ClN2OS.C2H2O4/c1-30-25-10-6-5-9-24(25)29-17-15-28(16-18-29)19-20-31-26(21-7-3-2-4-8-21)22-11-13-23(27)14-12-22;3-1(4)2(5)6/h2-14,26H,15-20H2,1H3;(H,3,4)(H,5,6). The average molecular weight is 543 g/mol. The summed E-state index contributed by atoms with van der Waals surface area (Å²) >= 11 is 8.13. The SMILES string of the molecule is COc1ccccc1N1CCN(CCSC(c2ccccc2)c2ccc(Cl)cc2)CC1.O=C(O)C(=O)O. The van der Waals surface area contributed by atoms with Crippen LogP contribution in [0.3, 0.4) is 0 Å². The lowest BCUT2D eigenvalue weighted by molar-refractivity contribution is -0.159. The van der Waals surface area contributed by atoms with Crippen molar-refractivity contribution in [3.8, 4) is 5.75 Å². The van der Waals surface area contributed by atoms with E-state index in [9.17, 15) is 0 Å². The summed E-state index contributed by atoms with van der Waals surface area (Å²) in [5.74, 6) is -1.60. The van der Waals surface area contributed by atoms with Crippen molar-refractivity contribution in [1.82, 2.24) is 4.90 Å². The first kappa shape index (κ1) is 28.4. The Labute approximate surface area is 226 Å². The lowest BCUT2D eigenvalue weighted by Crippen LogP contribution is -2.47. The number of carboxylic acid groups (broad SMARTS) is 2. The third kappa shape index (κ3) is 8.70. The minimum absolute atomic E-state index is 0.327. The number of halogens is 1. The van der Waals surface area contributed by atoms with Crippen molar-refractivity contribution in [1.29, 1.82) is 0 Å². The highest BCUT2D eigenvalue weighted by Gasteiger charge is 2.20. The van der Waals surface area contributed by atoms with E-state index in [4.69, 9.17) is 36.1 Å². The van der Waals surface area contributed by atoms with Crippen LogP contribution in [0.5, 0.6) is 5.75 Å². The van der Waals surface area contributed by atoms with Crippen LogP contribution in [0.2, 0.25) is 5.02 Å². The van der Waals surface area contributed by atoms with Gasteiger partial charge in [0.25, 0.3) is 0 Å². The van der Waals surface area contributed by atoms with Crippen molar-refractivity contribution in [2.45, 2.75) is 5.25 Å². The van der Waals surface area contributed by atoms with Crippen molar-refractivity contribution >= 4 is 41.0 Å². The smallest absolute Gasteiger partial charge is 0.414 e. The molecule has 0 aliphatic carbocycles. The summed E-state index contributed by atoms with van der Waals surface area (Å²) in [6, 6.07) is 27.4. The maximum absolute atomic E-state index is 9.10. The molecule has 1 fully saturated rings. The summed E-state index contributed by atoms with van der Waals surface area (Å²) in [6.45, 7) is 5.32. The topological polar surface area (TPSA) is 90.3 Å². The van der Waals surface area contributed by atoms with E-state index in [-0.39, 0.29) is 0 Å². The number of nitrogens with zero attached hydrogens (tertiary/aromatic N) is 2. The maximum Gasteiger partial charge on any atom is 0.414 e. The van der Waals surface area contributed by atoms with Crippen LogP contribution in [0.4, 0.5) is 5.69 Å². The minimum Gasteiger partial charge on any atom is -0.495 e. The molecule has 37 heavy (non-hydrogen) atoms. The predicted molar refractivity (Wildman–Crippen MR) is 149 cm³/mol. The number of thioether (sulfide) groups is 1. The van der Waals surface area contributed by atoms with E-state index < -0.39 is 11.9 Å². The summed E-state index contributed by atoms with van der Waals surface area (Å²) in [5, 5.41) is 15.9. The first-order valence-corrected chi connectivity index (χ1v) is 13.3. The Bertz CT molecular complexity index is 1130. The average Bonchev–Trinajstić information content (AvgIpc) is 2.93. The molecule has 3 aromatic rings. The normalized spacial score (nSPS) is 14.3. The highest BCUT2D eigenvalue weighted by atomic mass is 35.5. The molecule has 1 heterocycles. The number of hydrogen-bond acceptors (Lipinski definition) is 6. The molecule has 0 radical (unpaired) electrons. The first-order valence-electron chi connectivity index (χ1n) is 11.9. The molecule has 196 valence electrons. The van der Waals surface area contributed by atoms with Crippen LogP contribution in [0.25, 0.3) is 0 Å². The van der Waals surface area contributed by atoms with E-state index in [1.54, 1.807) is 7.11 Å². The van der Waals surface area contributed by atoms with E-state index in [2.05, 4.69) is 64.4 Å². The molecule has 0 saturated carbocycles. The maximum atomic E-state index is 9.10. The Morgan fingerprint density at radius 1 is 0.865 bits per heavy atom. The van der Waals surface area contributed by atoms with Crippen molar-refractivity contribution < 1.29 is 24.5 Å². The summed E-state index contributed by atoms with van der Waals surface area (Å²) in [4.78, 5) is 23.2. The second-order valence-corrected chi connectivity index (χ2v) is 9.97. The molecule has 1 atom stereocenters. The summed E-state index contributed by atoms with van der Waals surface area (Å²) in [7, 11) is 1.75. The molecule has 9 heteroatoms. The van der Waals surface area contributed by atoms with Gasteiger partial charge in [-0.2, -0.15) is 0 Å². The minimum atomic E-state index is -1.82. The lowest BCUT2D eigenvalue weighted by atomic mass is 10.0. The molecule has 1 unspecified atom stereocenters. The molecule has 0 amide bonds. The first-order chi connectivity index (χ1) is 17.9. The number of aliphatic carboxylic acids is 2. The molecule has 0 bridgehead atoms. The van der Waals surface area contributed by atoms with E-state index in [0.717, 1.165) is 49.2 Å². The molecule has 3 aromatic carbocycles. The fourth-order valence-electron chi connectivity index (χ4n) is 4.05. The van der Waals surface area contributed by atoms with Crippen LogP contribution in [0.1, 0.15) is 16.4 Å². The Morgan fingerprint density at radius 3 is 2.03 bits per heavy atom. The Balaban J connectivity index is 0.000000568. The van der Waals surface area contributed by atoms with Gasteiger partial charge in [0.2, 0.25) is 0 Å². The Kier molecular flexibility index (Phi) is 11.1. The second-order valence-electron chi connectivity index (χ2n) is 8.32. The van der Waals surface area contributed by atoms with Crippen molar-refractivity contribution in [2.75, 3.05) is 50.5 Å². The number of ether oxygens (including phenoxy) is 1. The van der Waals surface area contributed by atoms with Gasteiger partial charge in [0.05, 0.1) is 18.0 Å². The monoisotopic (exact) mass is 542 g/mol. The highest BCUT2D eigenvalue weighted by molar-refractivity contribution is 7.99. The van der Waals surface area contributed by atoms with Gasteiger partial charge in [0, 0.05) is 43.5 Å². The molecule has 1 aliphatic rings. The number of para-hydroxylation sites is 2. The van der Waals surface area contributed by atoms with Crippen LogP contribution in [-0.4, -0.2) is 72.6 Å². The zero-order valence-corrected chi connectivity index (χ0v) is 22.2. The lowest BCUT2D eigenvalue weighted by Gasteiger charge is -2.36. The van der Waals surface area contributed by atoms with Crippen LogP contribution in [0, 0.1) is 0 Å². The molecule has 7 nitrogen and oxygen atoms in total. The van der Waals surface area contributed by atoms with Crippen LogP contribution in [-0.2, 0) is 9.59 Å². The molecule has 2 N–H and O–H groups in total.